The van der Waals surface area contributed by atoms with Gasteiger partial charge in [0.2, 0.25) is 0 Å². The molecule has 2 aromatic rings. The van der Waals surface area contributed by atoms with Gasteiger partial charge >= 0.3 is 0 Å². The molecule has 2 heterocycles. The first-order chi connectivity index (χ1) is 12.4. The van der Waals surface area contributed by atoms with E-state index in [-0.39, 0.29) is 23.3 Å². The van der Waals surface area contributed by atoms with Crippen LogP contribution in [0.4, 0.5) is 5.69 Å². The van der Waals surface area contributed by atoms with E-state index in [0.717, 1.165) is 31.5 Å². The van der Waals surface area contributed by atoms with Crippen LogP contribution in [0.1, 0.15) is 48.8 Å². The lowest BCUT2D eigenvalue weighted by Crippen LogP contribution is -2.41. The largest absolute Gasteiger partial charge is 0.342 e. The van der Waals surface area contributed by atoms with Crippen LogP contribution >= 0.6 is 0 Å². The molecule has 1 amide bonds. The number of hydrogen-bond donors (Lipinski definition) is 2. The molecule has 1 saturated heterocycles. The second kappa shape index (κ2) is 7.20. The number of carbonyl (C=O) groups is 1. The van der Waals surface area contributed by atoms with Crippen LogP contribution in [0.25, 0.3) is 0 Å². The number of piperidine rings is 1. The van der Waals surface area contributed by atoms with Gasteiger partial charge in [0, 0.05) is 12.1 Å². The maximum absolute atomic E-state index is 12.6. The van der Waals surface area contributed by atoms with E-state index in [1.807, 2.05) is 13.8 Å². The van der Waals surface area contributed by atoms with Crippen molar-refractivity contribution < 1.29 is 9.72 Å². The van der Waals surface area contributed by atoms with Crippen molar-refractivity contribution in [2.45, 2.75) is 38.3 Å². The Kier molecular flexibility index (Phi) is 4.99. The van der Waals surface area contributed by atoms with E-state index in [2.05, 4.69) is 20.9 Å². The average Bonchev–Trinajstić information content (AvgIpc) is 3.12. The van der Waals surface area contributed by atoms with Crippen LogP contribution in [0.3, 0.4) is 0 Å². The Labute approximate surface area is 150 Å². The third-order valence-electron chi connectivity index (χ3n) is 4.65. The fourth-order valence-corrected chi connectivity index (χ4v) is 3.05. The van der Waals surface area contributed by atoms with Gasteiger partial charge in [-0.2, -0.15) is 0 Å². The van der Waals surface area contributed by atoms with Gasteiger partial charge in [0.05, 0.1) is 22.7 Å². The van der Waals surface area contributed by atoms with E-state index in [9.17, 15) is 14.9 Å². The number of amides is 1. The van der Waals surface area contributed by atoms with Crippen molar-refractivity contribution in [3.05, 3.63) is 51.8 Å². The SMILES string of the molecule is CC(C)(NC(=O)c1cn(C2CCNCC2)nn1)c1ccc([N+](=O)[O-])cc1. The Morgan fingerprint density at radius 1 is 1.31 bits per heavy atom. The normalized spacial score (nSPS) is 15.6. The molecule has 0 atom stereocenters. The fraction of sp³-hybridized carbons (Fsp3) is 0.471. The maximum atomic E-state index is 12.6. The lowest BCUT2D eigenvalue weighted by Gasteiger charge is -2.26. The van der Waals surface area contributed by atoms with E-state index in [4.69, 9.17) is 0 Å². The molecule has 2 N–H and O–H groups in total. The van der Waals surface area contributed by atoms with Crippen molar-refractivity contribution in [2.24, 2.45) is 0 Å². The van der Waals surface area contributed by atoms with E-state index in [0.29, 0.717) is 0 Å². The molecule has 26 heavy (non-hydrogen) atoms. The molecule has 0 saturated carbocycles. The summed E-state index contributed by atoms with van der Waals surface area (Å²) in [5, 5.41) is 25.1. The third kappa shape index (κ3) is 3.88. The van der Waals surface area contributed by atoms with Crippen molar-refractivity contribution >= 4 is 11.6 Å². The number of nitrogens with one attached hydrogen (secondary N) is 2. The molecule has 3 rings (SSSR count). The number of non-ortho nitro benzene ring substituents is 1. The van der Waals surface area contributed by atoms with Gasteiger partial charge in [-0.1, -0.05) is 5.21 Å². The van der Waals surface area contributed by atoms with Gasteiger partial charge in [-0.3, -0.25) is 14.9 Å². The van der Waals surface area contributed by atoms with Gasteiger partial charge in [-0.15, -0.1) is 5.10 Å². The smallest absolute Gasteiger partial charge is 0.274 e. The first-order valence-electron chi connectivity index (χ1n) is 8.57. The summed E-state index contributed by atoms with van der Waals surface area (Å²) in [6, 6.07) is 6.40. The Hall–Kier alpha value is -2.81. The Morgan fingerprint density at radius 2 is 1.96 bits per heavy atom. The van der Waals surface area contributed by atoms with Crippen molar-refractivity contribution in [1.82, 2.24) is 25.6 Å². The standard InChI is InChI=1S/C17H22N6O3/c1-17(2,12-3-5-14(6-4-12)23(25)26)19-16(24)15-11-22(21-20-15)13-7-9-18-10-8-13/h3-6,11,13,18H,7-10H2,1-2H3,(H,19,24). The zero-order chi connectivity index (χ0) is 18.7. The van der Waals surface area contributed by atoms with Gasteiger partial charge < -0.3 is 10.6 Å². The first kappa shape index (κ1) is 18.0. The van der Waals surface area contributed by atoms with Crippen LogP contribution in [0.15, 0.2) is 30.5 Å². The summed E-state index contributed by atoms with van der Waals surface area (Å²) >= 11 is 0. The van der Waals surface area contributed by atoms with Gasteiger partial charge in [-0.25, -0.2) is 4.68 Å². The van der Waals surface area contributed by atoms with Crippen molar-refractivity contribution in [3.63, 3.8) is 0 Å². The van der Waals surface area contributed by atoms with Crippen LogP contribution in [0.5, 0.6) is 0 Å². The Morgan fingerprint density at radius 3 is 2.58 bits per heavy atom. The molecule has 138 valence electrons. The van der Waals surface area contributed by atoms with E-state index >= 15 is 0 Å². The third-order valence-corrected chi connectivity index (χ3v) is 4.65. The lowest BCUT2D eigenvalue weighted by molar-refractivity contribution is -0.384. The number of nitrogens with zero attached hydrogens (tertiary/aromatic N) is 4. The van der Waals surface area contributed by atoms with Crippen LogP contribution in [-0.2, 0) is 5.54 Å². The Bertz CT molecular complexity index is 793. The number of carbonyl (C=O) groups excluding carboxylic acids is 1. The van der Waals surface area contributed by atoms with Gasteiger partial charge in [0.25, 0.3) is 11.6 Å². The summed E-state index contributed by atoms with van der Waals surface area (Å²) < 4.78 is 1.76. The first-order valence-corrected chi connectivity index (χ1v) is 8.57. The van der Waals surface area contributed by atoms with E-state index in [1.54, 1.807) is 23.0 Å². The van der Waals surface area contributed by atoms with Gasteiger partial charge in [-0.05, 0) is 57.5 Å². The quantitative estimate of drug-likeness (QED) is 0.622. The van der Waals surface area contributed by atoms with Crippen LogP contribution in [0, 0.1) is 10.1 Å². The summed E-state index contributed by atoms with van der Waals surface area (Å²) in [5.41, 5.74) is 0.339. The molecule has 9 nitrogen and oxygen atoms in total. The highest BCUT2D eigenvalue weighted by atomic mass is 16.6. The predicted octanol–water partition coefficient (Wildman–Crippen LogP) is 1.78. The summed E-state index contributed by atoms with van der Waals surface area (Å²) in [7, 11) is 0. The topological polar surface area (TPSA) is 115 Å². The highest BCUT2D eigenvalue weighted by Gasteiger charge is 2.26. The summed E-state index contributed by atoms with van der Waals surface area (Å²) in [5.74, 6) is -0.325. The maximum Gasteiger partial charge on any atom is 0.274 e. The summed E-state index contributed by atoms with van der Waals surface area (Å²) in [6.07, 6.45) is 3.59. The minimum absolute atomic E-state index is 0.0146. The van der Waals surface area contributed by atoms with Crippen LogP contribution < -0.4 is 10.6 Å². The summed E-state index contributed by atoms with van der Waals surface area (Å²) in [6.45, 7) is 5.53. The minimum Gasteiger partial charge on any atom is -0.342 e. The second-order valence-corrected chi connectivity index (χ2v) is 6.95. The lowest BCUT2D eigenvalue weighted by atomic mass is 9.94. The minimum atomic E-state index is -0.704. The molecule has 1 aliphatic heterocycles. The number of rotatable bonds is 5. The molecule has 0 unspecified atom stereocenters. The highest BCUT2D eigenvalue weighted by Crippen LogP contribution is 2.23. The molecular weight excluding hydrogens is 336 g/mol. The molecule has 1 aromatic carbocycles. The molecule has 9 heteroatoms. The Balaban J connectivity index is 1.70. The molecule has 1 aromatic heterocycles. The van der Waals surface area contributed by atoms with Crippen molar-refractivity contribution in [3.8, 4) is 0 Å². The van der Waals surface area contributed by atoms with Crippen LogP contribution in [0.2, 0.25) is 0 Å². The molecule has 0 bridgehead atoms. The van der Waals surface area contributed by atoms with Gasteiger partial charge in [0.15, 0.2) is 5.69 Å². The van der Waals surface area contributed by atoms with Crippen molar-refractivity contribution in [2.75, 3.05) is 13.1 Å². The average molecular weight is 358 g/mol. The molecule has 1 fully saturated rings. The molecular formula is C17H22N6O3. The molecule has 0 spiro atoms. The predicted molar refractivity (Wildman–Crippen MR) is 94.8 cm³/mol. The number of hydrogen-bond acceptors (Lipinski definition) is 6. The second-order valence-electron chi connectivity index (χ2n) is 6.95. The zero-order valence-corrected chi connectivity index (χ0v) is 14.8. The van der Waals surface area contributed by atoms with Gasteiger partial charge in [0.1, 0.15) is 0 Å². The molecule has 0 aliphatic carbocycles. The highest BCUT2D eigenvalue weighted by molar-refractivity contribution is 5.92. The van der Waals surface area contributed by atoms with E-state index in [1.165, 1.54) is 12.1 Å². The number of nitro benzene ring substituents is 1. The van der Waals surface area contributed by atoms with E-state index < -0.39 is 10.5 Å². The molecule has 0 radical (unpaired) electrons. The van der Waals surface area contributed by atoms with Crippen molar-refractivity contribution in [1.29, 1.82) is 0 Å². The zero-order valence-electron chi connectivity index (χ0n) is 14.8. The number of nitro groups is 1. The van der Waals surface area contributed by atoms with Crippen LogP contribution in [-0.4, -0.2) is 38.9 Å². The monoisotopic (exact) mass is 358 g/mol. The molecule has 1 aliphatic rings. The summed E-state index contributed by atoms with van der Waals surface area (Å²) in [4.78, 5) is 22.9. The fourth-order valence-electron chi connectivity index (χ4n) is 3.05. The number of benzene rings is 1. The number of aromatic nitrogens is 3.